The predicted molar refractivity (Wildman–Crippen MR) is 87.3 cm³/mol. The molecule has 0 atom stereocenters. The van der Waals surface area contributed by atoms with Crippen LogP contribution in [-0.2, 0) is 4.74 Å². The van der Waals surface area contributed by atoms with Gasteiger partial charge in [0.1, 0.15) is 0 Å². The standard InChI is InChI=1S/C15H23ClN2O2S/c1-10(2)8-15(6-4-5-7-15)9-17-14-18-12(16)11(21-14)13(19)20-3/h10H,4-9H2,1-3H3,(H,17,18). The molecule has 1 heterocycles. The van der Waals surface area contributed by atoms with Gasteiger partial charge in [-0.2, -0.15) is 0 Å². The summed E-state index contributed by atoms with van der Waals surface area (Å²) in [6, 6.07) is 0. The molecule has 4 nitrogen and oxygen atoms in total. The maximum Gasteiger partial charge on any atom is 0.351 e. The van der Waals surface area contributed by atoms with Crippen LogP contribution in [0.1, 0.15) is 55.6 Å². The Hall–Kier alpha value is -0.810. The van der Waals surface area contributed by atoms with Crippen molar-refractivity contribution >= 4 is 34.0 Å². The highest BCUT2D eigenvalue weighted by molar-refractivity contribution is 7.18. The van der Waals surface area contributed by atoms with Gasteiger partial charge in [0.25, 0.3) is 0 Å². The van der Waals surface area contributed by atoms with Crippen LogP contribution in [0.5, 0.6) is 0 Å². The number of rotatable bonds is 6. The molecular weight excluding hydrogens is 308 g/mol. The lowest BCUT2D eigenvalue weighted by molar-refractivity contribution is 0.0606. The molecule has 0 saturated heterocycles. The number of thiazole rings is 1. The predicted octanol–water partition coefficient (Wildman–Crippen LogP) is 4.60. The average Bonchev–Trinajstić information content (AvgIpc) is 3.02. The van der Waals surface area contributed by atoms with Crippen molar-refractivity contribution in [3.8, 4) is 0 Å². The van der Waals surface area contributed by atoms with Crippen molar-refractivity contribution in [2.75, 3.05) is 19.0 Å². The summed E-state index contributed by atoms with van der Waals surface area (Å²) in [5, 5.41) is 4.31. The number of carbonyl (C=O) groups is 1. The van der Waals surface area contributed by atoms with Crippen molar-refractivity contribution in [1.29, 1.82) is 0 Å². The van der Waals surface area contributed by atoms with E-state index in [-0.39, 0.29) is 5.15 Å². The summed E-state index contributed by atoms with van der Waals surface area (Å²) < 4.78 is 4.70. The van der Waals surface area contributed by atoms with E-state index in [0.29, 0.717) is 21.3 Å². The third kappa shape index (κ3) is 4.10. The molecule has 0 amide bonds. The lowest BCUT2D eigenvalue weighted by atomic mass is 9.78. The number of nitrogens with zero attached hydrogens (tertiary/aromatic N) is 1. The van der Waals surface area contributed by atoms with E-state index in [2.05, 4.69) is 24.1 Å². The van der Waals surface area contributed by atoms with Gasteiger partial charge in [-0.3, -0.25) is 0 Å². The molecule has 0 spiro atoms. The number of methoxy groups -OCH3 is 1. The minimum atomic E-state index is -0.427. The summed E-state index contributed by atoms with van der Waals surface area (Å²) in [6.07, 6.45) is 6.37. The number of ether oxygens (including phenoxy) is 1. The second-order valence-electron chi connectivity index (χ2n) is 6.29. The Bertz CT molecular complexity index is 496. The lowest BCUT2D eigenvalue weighted by Crippen LogP contribution is -2.28. The molecule has 6 heteroatoms. The van der Waals surface area contributed by atoms with E-state index < -0.39 is 5.97 Å². The quantitative estimate of drug-likeness (QED) is 0.774. The van der Waals surface area contributed by atoms with E-state index in [1.807, 2.05) is 0 Å². The Kier molecular flexibility index (Phi) is 5.49. The van der Waals surface area contributed by atoms with Crippen molar-refractivity contribution in [2.45, 2.75) is 46.0 Å². The van der Waals surface area contributed by atoms with Gasteiger partial charge in [0.2, 0.25) is 0 Å². The zero-order valence-electron chi connectivity index (χ0n) is 12.9. The molecule has 1 aliphatic rings. The molecule has 21 heavy (non-hydrogen) atoms. The number of anilines is 1. The van der Waals surface area contributed by atoms with Crippen molar-refractivity contribution in [3.05, 3.63) is 10.0 Å². The molecular formula is C15H23ClN2O2S. The van der Waals surface area contributed by atoms with Crippen molar-refractivity contribution in [3.63, 3.8) is 0 Å². The second-order valence-corrected chi connectivity index (χ2v) is 7.65. The van der Waals surface area contributed by atoms with Gasteiger partial charge < -0.3 is 10.1 Å². The average molecular weight is 331 g/mol. The minimum absolute atomic E-state index is 0.221. The molecule has 1 aromatic heterocycles. The lowest BCUT2D eigenvalue weighted by Gasteiger charge is -2.31. The van der Waals surface area contributed by atoms with Gasteiger partial charge in [-0.25, -0.2) is 9.78 Å². The van der Waals surface area contributed by atoms with Crippen LogP contribution >= 0.6 is 22.9 Å². The van der Waals surface area contributed by atoms with Gasteiger partial charge >= 0.3 is 5.97 Å². The molecule has 0 bridgehead atoms. The van der Waals surface area contributed by atoms with Crippen LogP contribution in [-0.4, -0.2) is 24.6 Å². The highest BCUT2D eigenvalue weighted by atomic mass is 35.5. The van der Waals surface area contributed by atoms with Crippen LogP contribution in [0.4, 0.5) is 5.13 Å². The van der Waals surface area contributed by atoms with E-state index in [1.54, 1.807) is 0 Å². The number of esters is 1. The zero-order chi connectivity index (χ0) is 15.5. The van der Waals surface area contributed by atoms with Gasteiger partial charge in [-0.15, -0.1) is 0 Å². The Morgan fingerprint density at radius 3 is 2.71 bits per heavy atom. The number of hydrogen-bond acceptors (Lipinski definition) is 5. The summed E-state index contributed by atoms with van der Waals surface area (Å²) in [6.45, 7) is 5.45. The van der Waals surface area contributed by atoms with Gasteiger partial charge in [0, 0.05) is 6.54 Å². The molecule has 1 aromatic rings. The van der Waals surface area contributed by atoms with Crippen molar-refractivity contribution in [1.82, 2.24) is 4.98 Å². The molecule has 0 aromatic carbocycles. The zero-order valence-corrected chi connectivity index (χ0v) is 14.4. The van der Waals surface area contributed by atoms with Crippen LogP contribution < -0.4 is 5.32 Å². The first-order valence-electron chi connectivity index (χ1n) is 7.44. The molecule has 0 radical (unpaired) electrons. The van der Waals surface area contributed by atoms with E-state index >= 15 is 0 Å². The topological polar surface area (TPSA) is 51.2 Å². The summed E-state index contributed by atoms with van der Waals surface area (Å²) in [5.41, 5.74) is 0.359. The maximum atomic E-state index is 11.6. The van der Waals surface area contributed by atoms with Crippen molar-refractivity contribution in [2.24, 2.45) is 11.3 Å². The van der Waals surface area contributed by atoms with Gasteiger partial charge in [-0.05, 0) is 30.6 Å². The fourth-order valence-electron chi connectivity index (χ4n) is 3.30. The molecule has 0 aliphatic heterocycles. The van der Waals surface area contributed by atoms with Crippen LogP contribution in [0.25, 0.3) is 0 Å². The third-order valence-electron chi connectivity index (χ3n) is 4.08. The maximum absolute atomic E-state index is 11.6. The Morgan fingerprint density at radius 2 is 2.14 bits per heavy atom. The molecule has 1 N–H and O–H groups in total. The minimum Gasteiger partial charge on any atom is -0.465 e. The largest absolute Gasteiger partial charge is 0.465 e. The first-order valence-corrected chi connectivity index (χ1v) is 8.64. The van der Waals surface area contributed by atoms with E-state index in [9.17, 15) is 4.79 Å². The summed E-state index contributed by atoms with van der Waals surface area (Å²) >= 11 is 7.26. The highest BCUT2D eigenvalue weighted by Crippen LogP contribution is 2.43. The van der Waals surface area contributed by atoms with Crippen LogP contribution in [0.2, 0.25) is 5.15 Å². The normalized spacial score (nSPS) is 17.2. The molecule has 2 rings (SSSR count). The second kappa shape index (κ2) is 6.97. The van der Waals surface area contributed by atoms with Gasteiger partial charge in [-0.1, -0.05) is 49.6 Å². The fourth-order valence-corrected chi connectivity index (χ4v) is 4.40. The SMILES string of the molecule is COC(=O)c1sc(NCC2(CC(C)C)CCCC2)nc1Cl. The number of nitrogens with one attached hydrogen (secondary N) is 1. The third-order valence-corrected chi connectivity index (χ3v) is 5.46. The summed E-state index contributed by atoms with van der Waals surface area (Å²) in [7, 11) is 1.35. The highest BCUT2D eigenvalue weighted by Gasteiger charge is 2.34. The Labute approximate surface area is 135 Å². The fraction of sp³-hybridized carbons (Fsp3) is 0.733. The molecule has 1 saturated carbocycles. The van der Waals surface area contributed by atoms with Gasteiger partial charge in [0.05, 0.1) is 7.11 Å². The van der Waals surface area contributed by atoms with Crippen LogP contribution in [0.3, 0.4) is 0 Å². The van der Waals surface area contributed by atoms with Gasteiger partial charge in [0.15, 0.2) is 15.2 Å². The van der Waals surface area contributed by atoms with E-state index in [0.717, 1.165) is 6.54 Å². The van der Waals surface area contributed by atoms with E-state index in [4.69, 9.17) is 16.3 Å². The monoisotopic (exact) mass is 330 g/mol. The molecule has 0 unspecified atom stereocenters. The van der Waals surface area contributed by atoms with E-state index in [1.165, 1.54) is 50.6 Å². The first-order chi connectivity index (χ1) is 9.96. The first kappa shape index (κ1) is 16.6. The molecule has 118 valence electrons. The van der Waals surface area contributed by atoms with Crippen LogP contribution in [0, 0.1) is 11.3 Å². The number of aromatic nitrogens is 1. The summed E-state index contributed by atoms with van der Waals surface area (Å²) in [5.74, 6) is 0.263. The Morgan fingerprint density at radius 1 is 1.48 bits per heavy atom. The molecule has 1 aliphatic carbocycles. The van der Waals surface area contributed by atoms with Crippen molar-refractivity contribution < 1.29 is 9.53 Å². The number of hydrogen-bond donors (Lipinski definition) is 1. The Balaban J connectivity index is 2.03. The van der Waals surface area contributed by atoms with Crippen LogP contribution in [0.15, 0.2) is 0 Å². The summed E-state index contributed by atoms with van der Waals surface area (Å²) in [4.78, 5) is 16.1. The smallest absolute Gasteiger partial charge is 0.351 e. The number of halogens is 1. The molecule has 1 fully saturated rings. The number of carbonyl (C=O) groups excluding carboxylic acids is 1.